The molecule has 0 atom stereocenters. The molecule has 1 aromatic rings. The molecule has 0 fully saturated rings. The first-order valence-corrected chi connectivity index (χ1v) is 5.22. The molecule has 6 heteroatoms. The van der Waals surface area contributed by atoms with Crippen LogP contribution in [0.1, 0.15) is 12.2 Å². The first-order valence-electron chi connectivity index (χ1n) is 3.82. The van der Waals surface area contributed by atoms with Crippen LogP contribution in [0.3, 0.4) is 0 Å². The third-order valence-electron chi connectivity index (χ3n) is 1.45. The molecule has 68 valence electrons. The van der Waals surface area contributed by atoms with E-state index in [0.29, 0.717) is 6.54 Å². The Morgan fingerprint density at radius 3 is 3.08 bits per heavy atom. The summed E-state index contributed by atoms with van der Waals surface area (Å²) < 4.78 is 1.81. The van der Waals surface area contributed by atoms with Crippen molar-refractivity contribution in [2.24, 2.45) is 5.73 Å². The van der Waals surface area contributed by atoms with E-state index in [1.165, 1.54) is 0 Å². The number of hydrogen-bond acceptors (Lipinski definition) is 5. The van der Waals surface area contributed by atoms with Gasteiger partial charge in [0.25, 0.3) is 0 Å². The Balaban J connectivity index is 2.51. The Bertz CT molecular complexity index is 223. The van der Waals surface area contributed by atoms with Crippen molar-refractivity contribution in [2.45, 2.75) is 18.7 Å². The molecule has 0 amide bonds. The Labute approximate surface area is 75.7 Å². The Kier molecular flexibility index (Phi) is 4.02. The molecule has 0 aliphatic rings. The zero-order valence-corrected chi connectivity index (χ0v) is 7.92. The van der Waals surface area contributed by atoms with Crippen LogP contribution in [0.5, 0.6) is 0 Å². The summed E-state index contributed by atoms with van der Waals surface area (Å²) >= 11 is 1.71. The van der Waals surface area contributed by atoms with Crippen LogP contribution < -0.4 is 5.73 Å². The van der Waals surface area contributed by atoms with Gasteiger partial charge in [-0.1, -0.05) is 0 Å². The molecule has 0 aromatic carbocycles. The molecular formula is C6H13N5S. The predicted molar refractivity (Wildman–Crippen MR) is 48.7 cm³/mol. The molecule has 12 heavy (non-hydrogen) atoms. The number of nitrogens with zero attached hydrogens (tertiary/aromatic N) is 4. The van der Waals surface area contributed by atoms with Crippen LogP contribution in [0.4, 0.5) is 0 Å². The summed E-state index contributed by atoms with van der Waals surface area (Å²) in [6.07, 6.45) is 2.95. The van der Waals surface area contributed by atoms with Gasteiger partial charge in [0.1, 0.15) is 0 Å². The zero-order valence-electron chi connectivity index (χ0n) is 7.10. The summed E-state index contributed by atoms with van der Waals surface area (Å²) in [5, 5.41) is 11.4. The van der Waals surface area contributed by atoms with Crippen LogP contribution in [0.25, 0.3) is 0 Å². The summed E-state index contributed by atoms with van der Waals surface area (Å²) in [5.74, 6) is 1.79. The summed E-state index contributed by atoms with van der Waals surface area (Å²) in [6, 6.07) is 0. The molecule has 1 rings (SSSR count). The average molecular weight is 187 g/mol. The van der Waals surface area contributed by atoms with Crippen molar-refractivity contribution in [1.29, 1.82) is 0 Å². The quantitative estimate of drug-likeness (QED) is 0.696. The normalized spacial score (nSPS) is 10.5. The van der Waals surface area contributed by atoms with Gasteiger partial charge in [-0.2, -0.15) is 11.8 Å². The number of rotatable bonds is 5. The first kappa shape index (κ1) is 9.47. The number of aromatic nitrogens is 4. The van der Waals surface area contributed by atoms with Crippen molar-refractivity contribution in [3.63, 3.8) is 0 Å². The van der Waals surface area contributed by atoms with Gasteiger partial charge in [-0.3, -0.25) is 0 Å². The third kappa shape index (κ3) is 2.46. The standard InChI is InChI=1S/C6H13N5S/c1-12-5-6-8-9-10-11(6)4-2-3-7/h2-5,7H2,1H3. The van der Waals surface area contributed by atoms with E-state index in [2.05, 4.69) is 15.5 Å². The molecule has 0 saturated carbocycles. The van der Waals surface area contributed by atoms with E-state index in [-0.39, 0.29) is 0 Å². The fourth-order valence-electron chi connectivity index (χ4n) is 0.870. The monoisotopic (exact) mass is 187 g/mol. The molecular weight excluding hydrogens is 174 g/mol. The van der Waals surface area contributed by atoms with Crippen molar-refractivity contribution in [2.75, 3.05) is 12.8 Å². The van der Waals surface area contributed by atoms with E-state index in [1.54, 1.807) is 11.8 Å². The van der Waals surface area contributed by atoms with Gasteiger partial charge in [-0.05, 0) is 29.6 Å². The summed E-state index contributed by atoms with van der Waals surface area (Å²) in [6.45, 7) is 1.50. The zero-order chi connectivity index (χ0) is 8.81. The molecule has 0 saturated heterocycles. The van der Waals surface area contributed by atoms with Crippen molar-refractivity contribution in [1.82, 2.24) is 20.2 Å². The Hall–Kier alpha value is -0.620. The van der Waals surface area contributed by atoms with E-state index in [9.17, 15) is 0 Å². The minimum atomic E-state index is 0.679. The van der Waals surface area contributed by atoms with Gasteiger partial charge < -0.3 is 5.73 Å². The number of aryl methyl sites for hydroxylation is 1. The highest BCUT2D eigenvalue weighted by molar-refractivity contribution is 7.97. The van der Waals surface area contributed by atoms with Gasteiger partial charge in [0.15, 0.2) is 5.82 Å². The molecule has 2 N–H and O–H groups in total. The van der Waals surface area contributed by atoms with Crippen LogP contribution in [-0.4, -0.2) is 33.0 Å². The SMILES string of the molecule is CSCc1nnnn1CCCN. The van der Waals surface area contributed by atoms with Gasteiger partial charge in [0.05, 0.1) is 5.75 Å². The molecule has 0 bridgehead atoms. The second-order valence-corrected chi connectivity index (χ2v) is 3.26. The van der Waals surface area contributed by atoms with Crippen LogP contribution in [0.15, 0.2) is 0 Å². The van der Waals surface area contributed by atoms with Crippen LogP contribution in [-0.2, 0) is 12.3 Å². The summed E-state index contributed by atoms with van der Waals surface area (Å²) in [5.41, 5.74) is 5.38. The lowest BCUT2D eigenvalue weighted by molar-refractivity contribution is 0.551. The maximum Gasteiger partial charge on any atom is 0.161 e. The number of thioether (sulfide) groups is 1. The predicted octanol–water partition coefficient (Wildman–Crippen LogP) is -0.115. The largest absolute Gasteiger partial charge is 0.330 e. The maximum atomic E-state index is 5.38. The lowest BCUT2D eigenvalue weighted by Crippen LogP contribution is -2.09. The maximum absolute atomic E-state index is 5.38. The van der Waals surface area contributed by atoms with Crippen LogP contribution in [0, 0.1) is 0 Å². The van der Waals surface area contributed by atoms with Gasteiger partial charge in [0.2, 0.25) is 0 Å². The van der Waals surface area contributed by atoms with Crippen LogP contribution >= 0.6 is 11.8 Å². The second-order valence-electron chi connectivity index (χ2n) is 2.39. The van der Waals surface area contributed by atoms with E-state index < -0.39 is 0 Å². The fourth-order valence-corrected chi connectivity index (χ4v) is 1.34. The lowest BCUT2D eigenvalue weighted by Gasteiger charge is -2.00. The molecule has 0 radical (unpaired) electrons. The summed E-state index contributed by atoms with van der Waals surface area (Å²) in [4.78, 5) is 0. The van der Waals surface area contributed by atoms with Crippen molar-refractivity contribution in [3.8, 4) is 0 Å². The highest BCUT2D eigenvalue weighted by Gasteiger charge is 2.02. The van der Waals surface area contributed by atoms with Gasteiger partial charge >= 0.3 is 0 Å². The molecule has 5 nitrogen and oxygen atoms in total. The topological polar surface area (TPSA) is 69.6 Å². The van der Waals surface area contributed by atoms with Crippen molar-refractivity contribution < 1.29 is 0 Å². The number of nitrogens with two attached hydrogens (primary N) is 1. The highest BCUT2D eigenvalue weighted by atomic mass is 32.2. The van der Waals surface area contributed by atoms with Crippen molar-refractivity contribution >= 4 is 11.8 Å². The molecule has 1 aromatic heterocycles. The van der Waals surface area contributed by atoms with Gasteiger partial charge in [-0.25, -0.2) is 4.68 Å². The van der Waals surface area contributed by atoms with E-state index in [0.717, 1.165) is 24.5 Å². The smallest absolute Gasteiger partial charge is 0.161 e. The molecule has 0 aliphatic heterocycles. The molecule has 0 aliphatic carbocycles. The fraction of sp³-hybridized carbons (Fsp3) is 0.833. The highest BCUT2D eigenvalue weighted by Crippen LogP contribution is 2.04. The average Bonchev–Trinajstić information content (AvgIpc) is 2.50. The van der Waals surface area contributed by atoms with Gasteiger partial charge in [0, 0.05) is 6.54 Å². The second kappa shape index (κ2) is 5.10. The van der Waals surface area contributed by atoms with E-state index >= 15 is 0 Å². The minimum absolute atomic E-state index is 0.679. The molecule has 0 unspecified atom stereocenters. The number of tetrazole rings is 1. The summed E-state index contributed by atoms with van der Waals surface area (Å²) in [7, 11) is 0. The number of hydrogen-bond donors (Lipinski definition) is 1. The van der Waals surface area contributed by atoms with Gasteiger partial charge in [-0.15, -0.1) is 5.10 Å². The lowest BCUT2D eigenvalue weighted by atomic mass is 10.4. The molecule has 1 heterocycles. The van der Waals surface area contributed by atoms with Crippen molar-refractivity contribution in [3.05, 3.63) is 5.82 Å². The first-order chi connectivity index (χ1) is 5.88. The molecule has 0 spiro atoms. The van der Waals surface area contributed by atoms with E-state index in [4.69, 9.17) is 5.73 Å². The third-order valence-corrected chi connectivity index (χ3v) is 2.00. The minimum Gasteiger partial charge on any atom is -0.330 e. The van der Waals surface area contributed by atoms with E-state index in [1.807, 2.05) is 10.9 Å². The Morgan fingerprint density at radius 2 is 2.42 bits per heavy atom. The Morgan fingerprint density at radius 1 is 1.58 bits per heavy atom. The van der Waals surface area contributed by atoms with Crippen LogP contribution in [0.2, 0.25) is 0 Å².